The zero-order chi connectivity index (χ0) is 14.9. The summed E-state index contributed by atoms with van der Waals surface area (Å²) in [6, 6.07) is 6.38. The Hall–Kier alpha value is -1.42. The van der Waals surface area contributed by atoms with E-state index in [1.165, 1.54) is 6.07 Å². The van der Waals surface area contributed by atoms with Crippen molar-refractivity contribution < 1.29 is 9.18 Å². The molecule has 2 atom stereocenters. The van der Waals surface area contributed by atoms with Gasteiger partial charge in [-0.25, -0.2) is 4.39 Å². The molecular weight excluding hydrogens is 255 g/mol. The Labute approximate surface area is 120 Å². The minimum Gasteiger partial charge on any atom is -0.321 e. The van der Waals surface area contributed by atoms with Crippen molar-refractivity contribution in [1.29, 1.82) is 0 Å². The predicted octanol–water partition coefficient (Wildman–Crippen LogP) is 3.08. The molecule has 110 valence electrons. The van der Waals surface area contributed by atoms with Gasteiger partial charge in [0.1, 0.15) is 12.0 Å². The highest BCUT2D eigenvalue weighted by Gasteiger charge is 2.38. The molecule has 2 rings (SSSR count). The molecule has 1 saturated heterocycles. The van der Waals surface area contributed by atoms with Crippen molar-refractivity contribution in [2.24, 2.45) is 5.41 Å². The molecule has 0 bridgehead atoms. The second kappa shape index (κ2) is 5.52. The maximum Gasteiger partial charge on any atom is 0.241 e. The van der Waals surface area contributed by atoms with Crippen molar-refractivity contribution in [2.75, 3.05) is 6.54 Å². The highest BCUT2D eigenvalue weighted by atomic mass is 19.1. The molecule has 1 N–H and O–H groups in total. The standard InChI is InChI=1S/C16H23FN2O/c1-11-15(20)19(10-9-16(2,3)4)14(18-11)12-7-5-6-8-13(12)17/h5-8,11,14,18H,9-10H2,1-4H3. The molecule has 2 unspecified atom stereocenters. The second-order valence-corrected chi connectivity index (χ2v) is 6.65. The first-order chi connectivity index (χ1) is 9.29. The first-order valence-corrected chi connectivity index (χ1v) is 7.10. The van der Waals surface area contributed by atoms with E-state index in [1.54, 1.807) is 23.1 Å². The smallest absolute Gasteiger partial charge is 0.241 e. The van der Waals surface area contributed by atoms with Crippen LogP contribution < -0.4 is 5.32 Å². The maximum atomic E-state index is 14.0. The molecule has 1 aliphatic rings. The summed E-state index contributed by atoms with van der Waals surface area (Å²) in [5, 5.41) is 3.18. The monoisotopic (exact) mass is 278 g/mol. The highest BCUT2D eigenvalue weighted by molar-refractivity contribution is 5.84. The number of nitrogens with zero attached hydrogens (tertiary/aromatic N) is 1. The lowest BCUT2D eigenvalue weighted by atomic mass is 9.92. The van der Waals surface area contributed by atoms with Gasteiger partial charge < -0.3 is 4.90 Å². The van der Waals surface area contributed by atoms with Crippen molar-refractivity contribution in [2.45, 2.75) is 46.3 Å². The Morgan fingerprint density at radius 1 is 1.30 bits per heavy atom. The molecule has 1 aromatic rings. The zero-order valence-corrected chi connectivity index (χ0v) is 12.6. The number of halogens is 1. The first kappa shape index (κ1) is 15.0. The normalized spacial score (nSPS) is 23.4. The number of carbonyl (C=O) groups excluding carboxylic acids is 1. The van der Waals surface area contributed by atoms with Crippen molar-refractivity contribution >= 4 is 5.91 Å². The van der Waals surface area contributed by atoms with Gasteiger partial charge in [-0.3, -0.25) is 10.1 Å². The van der Waals surface area contributed by atoms with Gasteiger partial charge in [-0.05, 0) is 24.8 Å². The van der Waals surface area contributed by atoms with Crippen LogP contribution in [0.1, 0.15) is 45.8 Å². The van der Waals surface area contributed by atoms with E-state index >= 15 is 0 Å². The third kappa shape index (κ3) is 3.18. The molecule has 1 aliphatic heterocycles. The summed E-state index contributed by atoms with van der Waals surface area (Å²) in [5.41, 5.74) is 0.686. The van der Waals surface area contributed by atoms with E-state index in [0.717, 1.165) is 6.42 Å². The van der Waals surface area contributed by atoms with Gasteiger partial charge in [0.2, 0.25) is 5.91 Å². The largest absolute Gasteiger partial charge is 0.321 e. The summed E-state index contributed by atoms with van der Waals surface area (Å²) < 4.78 is 14.0. The van der Waals surface area contributed by atoms with Crippen molar-refractivity contribution in [1.82, 2.24) is 10.2 Å². The minimum absolute atomic E-state index is 0.0440. The van der Waals surface area contributed by atoms with E-state index in [2.05, 4.69) is 26.1 Å². The molecule has 20 heavy (non-hydrogen) atoms. The average Bonchev–Trinajstić information content (AvgIpc) is 2.63. The number of nitrogens with one attached hydrogen (secondary N) is 1. The molecule has 0 saturated carbocycles. The molecule has 0 radical (unpaired) electrons. The first-order valence-electron chi connectivity index (χ1n) is 7.10. The van der Waals surface area contributed by atoms with Crippen LogP contribution >= 0.6 is 0 Å². The highest BCUT2D eigenvalue weighted by Crippen LogP contribution is 2.29. The van der Waals surface area contributed by atoms with Gasteiger partial charge in [-0.1, -0.05) is 39.0 Å². The van der Waals surface area contributed by atoms with Gasteiger partial charge in [0.25, 0.3) is 0 Å². The fourth-order valence-electron chi connectivity index (χ4n) is 2.42. The molecule has 0 aliphatic carbocycles. The number of benzene rings is 1. The molecule has 1 amide bonds. The second-order valence-electron chi connectivity index (χ2n) is 6.65. The summed E-state index contributed by atoms with van der Waals surface area (Å²) >= 11 is 0. The number of hydrogen-bond acceptors (Lipinski definition) is 2. The number of hydrogen-bond donors (Lipinski definition) is 1. The Kier molecular flexibility index (Phi) is 4.14. The van der Waals surface area contributed by atoms with Crippen LogP contribution in [0.4, 0.5) is 4.39 Å². The summed E-state index contributed by atoms with van der Waals surface area (Å²) in [5.74, 6) is -0.227. The number of carbonyl (C=O) groups is 1. The maximum absolute atomic E-state index is 14.0. The Balaban J connectivity index is 2.22. The molecule has 4 heteroatoms. The predicted molar refractivity (Wildman–Crippen MR) is 77.5 cm³/mol. The Bertz CT molecular complexity index is 495. The van der Waals surface area contributed by atoms with Crippen LogP contribution in [-0.2, 0) is 4.79 Å². The van der Waals surface area contributed by atoms with Gasteiger partial charge in [-0.15, -0.1) is 0 Å². The fourth-order valence-corrected chi connectivity index (χ4v) is 2.42. The van der Waals surface area contributed by atoms with Crippen molar-refractivity contribution in [3.8, 4) is 0 Å². The molecule has 1 heterocycles. The van der Waals surface area contributed by atoms with Crippen molar-refractivity contribution in [3.05, 3.63) is 35.6 Å². The Morgan fingerprint density at radius 3 is 2.55 bits per heavy atom. The van der Waals surface area contributed by atoms with E-state index < -0.39 is 0 Å². The van der Waals surface area contributed by atoms with E-state index in [1.807, 2.05) is 6.92 Å². The molecule has 3 nitrogen and oxygen atoms in total. The fraction of sp³-hybridized carbons (Fsp3) is 0.562. The van der Waals surface area contributed by atoms with Gasteiger partial charge in [0.15, 0.2) is 0 Å². The molecule has 1 fully saturated rings. The van der Waals surface area contributed by atoms with Crippen LogP contribution in [0, 0.1) is 11.2 Å². The van der Waals surface area contributed by atoms with Gasteiger partial charge in [0, 0.05) is 12.1 Å². The van der Waals surface area contributed by atoms with Crippen LogP contribution in [0.3, 0.4) is 0 Å². The third-order valence-corrected chi connectivity index (χ3v) is 3.68. The number of amides is 1. The van der Waals surface area contributed by atoms with E-state index in [4.69, 9.17) is 0 Å². The van der Waals surface area contributed by atoms with Gasteiger partial charge >= 0.3 is 0 Å². The van der Waals surface area contributed by atoms with E-state index in [0.29, 0.717) is 12.1 Å². The lowest BCUT2D eigenvalue weighted by molar-refractivity contribution is -0.130. The van der Waals surface area contributed by atoms with Crippen LogP contribution in [0.15, 0.2) is 24.3 Å². The van der Waals surface area contributed by atoms with Gasteiger partial charge in [-0.2, -0.15) is 0 Å². The summed E-state index contributed by atoms with van der Waals surface area (Å²) in [4.78, 5) is 14.0. The van der Waals surface area contributed by atoms with Crippen LogP contribution in [0.25, 0.3) is 0 Å². The Morgan fingerprint density at radius 2 is 1.95 bits per heavy atom. The van der Waals surface area contributed by atoms with E-state index in [9.17, 15) is 9.18 Å². The lowest BCUT2D eigenvalue weighted by Crippen LogP contribution is -2.33. The summed E-state index contributed by atoms with van der Waals surface area (Å²) in [6.45, 7) is 8.89. The topological polar surface area (TPSA) is 32.3 Å². The zero-order valence-electron chi connectivity index (χ0n) is 12.6. The van der Waals surface area contributed by atoms with Crippen LogP contribution in [0.5, 0.6) is 0 Å². The molecule has 0 aromatic heterocycles. The minimum atomic E-state index is -0.360. The number of rotatable bonds is 3. The lowest BCUT2D eigenvalue weighted by Gasteiger charge is -2.28. The quantitative estimate of drug-likeness (QED) is 0.921. The van der Waals surface area contributed by atoms with Crippen LogP contribution in [-0.4, -0.2) is 23.4 Å². The van der Waals surface area contributed by atoms with Crippen LogP contribution in [0.2, 0.25) is 0 Å². The summed E-state index contributed by atoms with van der Waals surface area (Å²) in [6.07, 6.45) is 0.527. The molecule has 0 spiro atoms. The van der Waals surface area contributed by atoms with E-state index in [-0.39, 0.29) is 29.3 Å². The molecular formula is C16H23FN2O. The van der Waals surface area contributed by atoms with Gasteiger partial charge in [0.05, 0.1) is 6.04 Å². The molecule has 1 aromatic carbocycles. The average molecular weight is 278 g/mol. The van der Waals surface area contributed by atoms with Crippen molar-refractivity contribution in [3.63, 3.8) is 0 Å². The summed E-state index contributed by atoms with van der Waals surface area (Å²) in [7, 11) is 0. The SMILES string of the molecule is CC1NC(c2ccccc2F)N(CCC(C)(C)C)C1=O. The third-order valence-electron chi connectivity index (χ3n) is 3.68.